The Bertz CT molecular complexity index is 1140. The molecule has 3 aromatic heterocycles. The van der Waals surface area contributed by atoms with Gasteiger partial charge in [-0.15, -0.1) is 0 Å². The maximum absolute atomic E-state index is 12.2. The van der Waals surface area contributed by atoms with Crippen molar-refractivity contribution in [3.63, 3.8) is 0 Å². The van der Waals surface area contributed by atoms with Gasteiger partial charge in [-0.3, -0.25) is 9.78 Å². The van der Waals surface area contributed by atoms with E-state index < -0.39 is 6.10 Å². The van der Waals surface area contributed by atoms with Crippen LogP contribution in [-0.4, -0.2) is 32.1 Å². The first-order valence-corrected chi connectivity index (χ1v) is 9.34. The quantitative estimate of drug-likeness (QED) is 0.609. The van der Waals surface area contributed by atoms with Gasteiger partial charge in [0.25, 0.3) is 0 Å². The summed E-state index contributed by atoms with van der Waals surface area (Å²) < 4.78 is 0. The number of fused-ring (bicyclic) bond motifs is 1. The van der Waals surface area contributed by atoms with E-state index >= 15 is 0 Å². The Morgan fingerprint density at radius 2 is 2.28 bits per heavy atom. The minimum atomic E-state index is -0.500. The Balaban J connectivity index is 1.69. The summed E-state index contributed by atoms with van der Waals surface area (Å²) in [5.41, 5.74) is 8.49. The molecule has 3 aromatic rings. The van der Waals surface area contributed by atoms with Gasteiger partial charge in [-0.05, 0) is 48.9 Å². The first kappa shape index (κ1) is 18.8. The molecule has 3 atom stereocenters. The van der Waals surface area contributed by atoms with Crippen molar-refractivity contribution >= 4 is 28.3 Å². The van der Waals surface area contributed by atoms with E-state index in [1.165, 1.54) is 0 Å². The summed E-state index contributed by atoms with van der Waals surface area (Å²) >= 11 is 0. The molecular weight excluding hydrogens is 368 g/mol. The zero-order valence-corrected chi connectivity index (χ0v) is 15.8. The molecule has 8 nitrogen and oxygen atoms in total. The predicted molar refractivity (Wildman–Crippen MR) is 108 cm³/mol. The van der Waals surface area contributed by atoms with Gasteiger partial charge in [0, 0.05) is 29.5 Å². The van der Waals surface area contributed by atoms with Crippen LogP contribution in [0.25, 0.3) is 22.0 Å². The molecule has 1 saturated carbocycles. The highest BCUT2D eigenvalue weighted by molar-refractivity contribution is 5.98. The molecule has 1 aliphatic rings. The number of amides is 1. The number of pyridine rings is 3. The number of aromatic nitrogens is 3. The van der Waals surface area contributed by atoms with Crippen LogP contribution in [0.15, 0.2) is 36.8 Å². The van der Waals surface area contributed by atoms with Gasteiger partial charge in [-0.25, -0.2) is 9.97 Å². The number of hydrogen-bond acceptors (Lipinski definition) is 7. The lowest BCUT2D eigenvalue weighted by Crippen LogP contribution is -2.15. The molecule has 0 spiro atoms. The first-order chi connectivity index (χ1) is 14.0. The van der Waals surface area contributed by atoms with E-state index in [1.807, 2.05) is 12.1 Å². The number of carbonyl (C=O) groups is 1. The fraction of sp³-hybridized carbons (Fsp3) is 0.286. The number of hydrogen-bond donors (Lipinski definition) is 3. The zero-order chi connectivity index (χ0) is 20.5. The molecule has 0 saturated heterocycles. The fourth-order valence-corrected chi connectivity index (χ4v) is 3.38. The molecule has 4 rings (SSSR count). The lowest BCUT2D eigenvalue weighted by Gasteiger charge is -2.12. The molecule has 0 bridgehead atoms. The molecule has 0 aliphatic heterocycles. The van der Waals surface area contributed by atoms with Crippen LogP contribution < -0.4 is 11.1 Å². The van der Waals surface area contributed by atoms with Crippen LogP contribution in [0.5, 0.6) is 0 Å². The van der Waals surface area contributed by atoms with E-state index in [9.17, 15) is 9.90 Å². The third-order valence-electron chi connectivity index (χ3n) is 4.99. The van der Waals surface area contributed by atoms with Gasteiger partial charge in [0.1, 0.15) is 11.6 Å². The van der Waals surface area contributed by atoms with Crippen molar-refractivity contribution in [2.75, 3.05) is 11.1 Å². The molecule has 0 aromatic carbocycles. The second-order valence-electron chi connectivity index (χ2n) is 7.34. The maximum Gasteiger partial charge on any atom is 0.230 e. The van der Waals surface area contributed by atoms with Crippen molar-refractivity contribution in [2.24, 2.45) is 11.8 Å². The summed E-state index contributed by atoms with van der Waals surface area (Å²) in [6, 6.07) is 7.56. The molecule has 1 aliphatic carbocycles. The van der Waals surface area contributed by atoms with Crippen molar-refractivity contribution in [1.29, 1.82) is 5.26 Å². The Hall–Kier alpha value is -3.57. The smallest absolute Gasteiger partial charge is 0.230 e. The monoisotopic (exact) mass is 388 g/mol. The van der Waals surface area contributed by atoms with Gasteiger partial charge < -0.3 is 16.2 Å². The Morgan fingerprint density at radius 3 is 3.00 bits per heavy atom. The average molecular weight is 388 g/mol. The van der Waals surface area contributed by atoms with E-state index in [4.69, 9.17) is 11.0 Å². The van der Waals surface area contributed by atoms with E-state index in [0.717, 1.165) is 16.5 Å². The number of nitrogens with zero attached hydrogens (tertiary/aromatic N) is 4. The summed E-state index contributed by atoms with van der Waals surface area (Å²) in [7, 11) is 0. The van der Waals surface area contributed by atoms with Gasteiger partial charge >= 0.3 is 0 Å². The first-order valence-electron chi connectivity index (χ1n) is 9.34. The largest absolute Gasteiger partial charge is 0.393 e. The van der Waals surface area contributed by atoms with Gasteiger partial charge in [-0.2, -0.15) is 5.26 Å². The summed E-state index contributed by atoms with van der Waals surface area (Å²) in [6.45, 7) is 1.73. The number of rotatable bonds is 5. The number of nitrogens with two attached hydrogens (primary N) is 1. The molecule has 2 unspecified atom stereocenters. The summed E-state index contributed by atoms with van der Waals surface area (Å²) in [5.74, 6) is 0.0467. The number of aliphatic hydroxyl groups is 1. The number of carbonyl (C=O) groups excluding carboxylic acids is 1. The lowest BCUT2D eigenvalue weighted by molar-refractivity contribution is -0.117. The van der Waals surface area contributed by atoms with Crippen LogP contribution in [0.1, 0.15) is 18.9 Å². The van der Waals surface area contributed by atoms with Crippen molar-refractivity contribution in [1.82, 2.24) is 15.0 Å². The molecule has 0 radical (unpaired) electrons. The summed E-state index contributed by atoms with van der Waals surface area (Å²) in [5, 5.41) is 22.9. The van der Waals surface area contributed by atoms with Crippen LogP contribution in [0, 0.1) is 23.2 Å². The van der Waals surface area contributed by atoms with Crippen molar-refractivity contribution in [2.45, 2.75) is 25.9 Å². The number of anilines is 2. The average Bonchev–Trinajstić information content (AvgIpc) is 3.48. The van der Waals surface area contributed by atoms with E-state index in [1.54, 1.807) is 31.6 Å². The normalized spacial score (nSPS) is 18.8. The highest BCUT2D eigenvalue weighted by Gasteiger charge is 2.43. The van der Waals surface area contributed by atoms with Crippen molar-refractivity contribution < 1.29 is 9.90 Å². The number of nitrogens with one attached hydrogen (secondary N) is 1. The molecule has 4 N–H and O–H groups in total. The molecule has 1 fully saturated rings. The minimum Gasteiger partial charge on any atom is -0.393 e. The summed E-state index contributed by atoms with van der Waals surface area (Å²) in [6.07, 6.45) is 5.51. The highest BCUT2D eigenvalue weighted by atomic mass is 16.3. The molecule has 29 heavy (non-hydrogen) atoms. The van der Waals surface area contributed by atoms with Gasteiger partial charge in [-0.1, -0.05) is 0 Å². The van der Waals surface area contributed by atoms with Crippen molar-refractivity contribution in [3.8, 4) is 17.3 Å². The Kier molecular flexibility index (Phi) is 4.82. The van der Waals surface area contributed by atoms with Gasteiger partial charge in [0.15, 0.2) is 0 Å². The van der Waals surface area contributed by atoms with Gasteiger partial charge in [0.2, 0.25) is 5.91 Å². The van der Waals surface area contributed by atoms with Crippen LogP contribution in [-0.2, 0) is 11.2 Å². The Morgan fingerprint density at radius 1 is 1.45 bits per heavy atom. The number of nitrogen functional groups attached to an aromatic ring is 1. The third-order valence-corrected chi connectivity index (χ3v) is 4.99. The number of aliphatic hydroxyl groups excluding tert-OH is 1. The highest BCUT2D eigenvalue weighted by Crippen LogP contribution is 2.38. The standard InChI is InChI=1S/C21H20N6O2/c1-11(28)4-12-2-3-24-9-16(12)18-6-13-7-19(25-10-17(13)20(23)26-18)27-21(29)15-5-14(15)8-22/h2-3,6-7,9-11,14-15,28H,4-5H2,1H3,(H2,23,26)(H,25,27,29)/t11?,14?,15-/m0/s1. The van der Waals surface area contributed by atoms with Crippen molar-refractivity contribution in [3.05, 3.63) is 42.4 Å². The maximum atomic E-state index is 12.2. The minimum absolute atomic E-state index is 0.197. The number of nitriles is 1. The SMILES string of the molecule is CC(O)Cc1ccncc1-c1cc2cc(NC(=O)[C@H]3CC3C#N)ncc2c(N)n1. The molecule has 1 amide bonds. The summed E-state index contributed by atoms with van der Waals surface area (Å²) in [4.78, 5) is 25.1. The zero-order valence-electron chi connectivity index (χ0n) is 15.8. The second-order valence-corrected chi connectivity index (χ2v) is 7.34. The van der Waals surface area contributed by atoms with Crippen LogP contribution >= 0.6 is 0 Å². The molecule has 8 heteroatoms. The Labute approximate surface area is 167 Å². The van der Waals surface area contributed by atoms with Crippen LogP contribution in [0.2, 0.25) is 0 Å². The molecular formula is C21H20N6O2. The molecule has 3 heterocycles. The van der Waals surface area contributed by atoms with Crippen LogP contribution in [0.3, 0.4) is 0 Å². The van der Waals surface area contributed by atoms with E-state index in [2.05, 4.69) is 26.3 Å². The van der Waals surface area contributed by atoms with Crippen LogP contribution in [0.4, 0.5) is 11.6 Å². The molecule has 146 valence electrons. The third kappa shape index (κ3) is 3.86. The van der Waals surface area contributed by atoms with E-state index in [-0.39, 0.29) is 17.7 Å². The van der Waals surface area contributed by atoms with E-state index in [0.29, 0.717) is 35.6 Å². The topological polar surface area (TPSA) is 138 Å². The fourth-order valence-electron chi connectivity index (χ4n) is 3.38. The second kappa shape index (κ2) is 7.45. The predicted octanol–water partition coefficient (Wildman–Crippen LogP) is 2.30. The lowest BCUT2D eigenvalue weighted by atomic mass is 10.0. The van der Waals surface area contributed by atoms with Gasteiger partial charge in [0.05, 0.1) is 29.7 Å².